The van der Waals surface area contributed by atoms with Gasteiger partial charge in [-0.15, -0.1) is 22.5 Å². The van der Waals surface area contributed by atoms with Gasteiger partial charge in [0.25, 0.3) is 0 Å². The first-order valence-corrected chi connectivity index (χ1v) is 6.38. The molecule has 1 atom stereocenters. The summed E-state index contributed by atoms with van der Waals surface area (Å²) in [5.41, 5.74) is 0.928. The van der Waals surface area contributed by atoms with Crippen LogP contribution in [-0.4, -0.2) is 16.2 Å². The highest BCUT2D eigenvalue weighted by molar-refractivity contribution is 5.51. The van der Waals surface area contributed by atoms with Gasteiger partial charge >= 0.3 is 0 Å². The zero-order valence-electron chi connectivity index (χ0n) is 11.0. The third-order valence-electron chi connectivity index (χ3n) is 2.89. The van der Waals surface area contributed by atoms with Crippen LogP contribution in [0.1, 0.15) is 25.7 Å². The fraction of sp³-hybridized carbons (Fsp3) is 0.333. The minimum absolute atomic E-state index is 0.289. The molecule has 0 bridgehead atoms. The van der Waals surface area contributed by atoms with E-state index < -0.39 is 0 Å². The van der Waals surface area contributed by atoms with Crippen molar-refractivity contribution in [2.75, 3.05) is 0 Å². The van der Waals surface area contributed by atoms with Crippen molar-refractivity contribution < 1.29 is 4.42 Å². The van der Waals surface area contributed by atoms with E-state index in [-0.39, 0.29) is 6.04 Å². The fourth-order valence-electron chi connectivity index (χ4n) is 1.76. The number of hydrogen-bond acceptors (Lipinski definition) is 4. The molecule has 4 nitrogen and oxygen atoms in total. The van der Waals surface area contributed by atoms with Crippen molar-refractivity contribution in [2.24, 2.45) is 0 Å². The molecule has 1 unspecified atom stereocenters. The summed E-state index contributed by atoms with van der Waals surface area (Å²) in [7, 11) is 0. The lowest BCUT2D eigenvalue weighted by Gasteiger charge is -2.11. The molecule has 4 heteroatoms. The van der Waals surface area contributed by atoms with E-state index in [2.05, 4.69) is 28.4 Å². The normalized spacial score (nSPS) is 12.0. The highest BCUT2D eigenvalue weighted by Crippen LogP contribution is 2.16. The topological polar surface area (TPSA) is 51.0 Å². The van der Waals surface area contributed by atoms with E-state index in [0.29, 0.717) is 24.7 Å². The first-order chi connectivity index (χ1) is 9.33. The highest BCUT2D eigenvalue weighted by atomic mass is 16.4. The molecule has 0 radical (unpaired) electrons. The van der Waals surface area contributed by atoms with Crippen LogP contribution in [0.2, 0.25) is 0 Å². The van der Waals surface area contributed by atoms with Crippen LogP contribution >= 0.6 is 0 Å². The largest absolute Gasteiger partial charge is 0.419 e. The molecule has 0 saturated carbocycles. The van der Waals surface area contributed by atoms with Crippen molar-refractivity contribution in [1.82, 2.24) is 15.5 Å². The van der Waals surface area contributed by atoms with Gasteiger partial charge in [0.05, 0.1) is 6.54 Å². The van der Waals surface area contributed by atoms with Crippen molar-refractivity contribution in [2.45, 2.75) is 32.4 Å². The number of nitrogens with zero attached hydrogens (tertiary/aromatic N) is 2. The fourth-order valence-corrected chi connectivity index (χ4v) is 1.76. The summed E-state index contributed by atoms with van der Waals surface area (Å²) in [6.07, 6.45) is 6.99. The molecule has 0 saturated heterocycles. The van der Waals surface area contributed by atoms with Crippen molar-refractivity contribution in [1.29, 1.82) is 0 Å². The van der Waals surface area contributed by atoms with E-state index in [4.69, 9.17) is 10.8 Å². The van der Waals surface area contributed by atoms with Crippen LogP contribution in [-0.2, 0) is 6.54 Å². The molecule has 1 aromatic carbocycles. The molecule has 1 heterocycles. The van der Waals surface area contributed by atoms with Gasteiger partial charge in [0.2, 0.25) is 11.8 Å². The molecule has 0 spiro atoms. The Hall–Kier alpha value is -2.12. The van der Waals surface area contributed by atoms with Gasteiger partial charge in [-0.25, -0.2) is 0 Å². The van der Waals surface area contributed by atoms with Crippen molar-refractivity contribution in [3.63, 3.8) is 0 Å². The van der Waals surface area contributed by atoms with Gasteiger partial charge in [0.1, 0.15) is 0 Å². The van der Waals surface area contributed by atoms with Gasteiger partial charge in [-0.3, -0.25) is 0 Å². The lowest BCUT2D eigenvalue weighted by Crippen LogP contribution is -2.27. The predicted molar refractivity (Wildman–Crippen MR) is 74.1 cm³/mol. The van der Waals surface area contributed by atoms with E-state index in [1.807, 2.05) is 30.3 Å². The minimum atomic E-state index is 0.289. The summed E-state index contributed by atoms with van der Waals surface area (Å²) < 4.78 is 5.61. The first-order valence-electron chi connectivity index (χ1n) is 6.38. The van der Waals surface area contributed by atoms with Crippen molar-refractivity contribution in [3.8, 4) is 23.8 Å². The number of terminal acetylenes is 1. The standard InChI is InChI=1S/C15H17N3O/c1-3-8-13(4-2)16-11-14-17-18-15(19-14)12-9-6-5-7-10-12/h1,5-7,9-10,13,16H,4,8,11H2,2H3. The Labute approximate surface area is 113 Å². The quantitative estimate of drug-likeness (QED) is 0.806. The number of hydrogen-bond donors (Lipinski definition) is 1. The molecule has 1 N–H and O–H groups in total. The van der Waals surface area contributed by atoms with Gasteiger partial charge in [0.15, 0.2) is 0 Å². The van der Waals surface area contributed by atoms with Crippen LogP contribution in [0.25, 0.3) is 11.5 Å². The summed E-state index contributed by atoms with van der Waals surface area (Å²) in [6.45, 7) is 2.64. The molecular weight excluding hydrogens is 238 g/mol. The van der Waals surface area contributed by atoms with Gasteiger partial charge < -0.3 is 9.73 Å². The molecular formula is C15H17N3O. The van der Waals surface area contributed by atoms with E-state index in [1.165, 1.54) is 0 Å². The van der Waals surface area contributed by atoms with Crippen molar-refractivity contribution >= 4 is 0 Å². The van der Waals surface area contributed by atoms with Crippen LogP contribution in [0.15, 0.2) is 34.7 Å². The molecule has 0 aliphatic carbocycles. The molecule has 0 aliphatic rings. The van der Waals surface area contributed by atoms with Crippen LogP contribution < -0.4 is 5.32 Å². The van der Waals surface area contributed by atoms with E-state index >= 15 is 0 Å². The maximum Gasteiger partial charge on any atom is 0.247 e. The first kappa shape index (κ1) is 13.3. The molecule has 2 rings (SSSR count). The number of rotatable bonds is 6. The zero-order chi connectivity index (χ0) is 13.5. The summed E-state index contributed by atoms with van der Waals surface area (Å²) in [4.78, 5) is 0. The third-order valence-corrected chi connectivity index (χ3v) is 2.89. The predicted octanol–water partition coefficient (Wildman–Crippen LogP) is 2.63. The van der Waals surface area contributed by atoms with Gasteiger partial charge in [0, 0.05) is 18.0 Å². The maximum absolute atomic E-state index is 5.61. The Morgan fingerprint density at radius 2 is 2.11 bits per heavy atom. The van der Waals surface area contributed by atoms with Crippen LogP contribution in [0.5, 0.6) is 0 Å². The Morgan fingerprint density at radius 3 is 2.79 bits per heavy atom. The van der Waals surface area contributed by atoms with E-state index in [9.17, 15) is 0 Å². The molecule has 98 valence electrons. The SMILES string of the molecule is C#CCC(CC)NCc1nnc(-c2ccccc2)o1. The molecule has 0 fully saturated rings. The van der Waals surface area contributed by atoms with E-state index in [0.717, 1.165) is 12.0 Å². The van der Waals surface area contributed by atoms with Crippen LogP contribution in [0, 0.1) is 12.3 Å². The lowest BCUT2D eigenvalue weighted by molar-refractivity contribution is 0.433. The molecule has 2 aromatic rings. The molecule has 0 amide bonds. The smallest absolute Gasteiger partial charge is 0.247 e. The zero-order valence-corrected chi connectivity index (χ0v) is 11.0. The van der Waals surface area contributed by atoms with E-state index in [1.54, 1.807) is 0 Å². The Morgan fingerprint density at radius 1 is 1.32 bits per heavy atom. The second-order valence-electron chi connectivity index (χ2n) is 4.26. The summed E-state index contributed by atoms with van der Waals surface area (Å²) in [5.74, 6) is 3.78. The number of nitrogens with one attached hydrogen (secondary N) is 1. The monoisotopic (exact) mass is 255 g/mol. The second-order valence-corrected chi connectivity index (χ2v) is 4.26. The average Bonchev–Trinajstić information content (AvgIpc) is 2.93. The second kappa shape index (κ2) is 6.72. The van der Waals surface area contributed by atoms with Gasteiger partial charge in [-0.05, 0) is 18.6 Å². The molecule has 1 aromatic heterocycles. The number of benzene rings is 1. The maximum atomic E-state index is 5.61. The van der Waals surface area contributed by atoms with Gasteiger partial charge in [-0.1, -0.05) is 25.1 Å². The van der Waals surface area contributed by atoms with Crippen LogP contribution in [0.3, 0.4) is 0 Å². The minimum Gasteiger partial charge on any atom is -0.419 e. The Bertz CT molecular complexity index is 542. The molecule has 19 heavy (non-hydrogen) atoms. The van der Waals surface area contributed by atoms with Gasteiger partial charge in [-0.2, -0.15) is 0 Å². The summed E-state index contributed by atoms with van der Waals surface area (Å²) in [6, 6.07) is 10.0. The summed E-state index contributed by atoms with van der Waals surface area (Å²) in [5, 5.41) is 11.4. The van der Waals surface area contributed by atoms with Crippen LogP contribution in [0.4, 0.5) is 0 Å². The van der Waals surface area contributed by atoms with Crippen molar-refractivity contribution in [3.05, 3.63) is 36.2 Å². The number of aromatic nitrogens is 2. The highest BCUT2D eigenvalue weighted by Gasteiger charge is 2.10. The average molecular weight is 255 g/mol. The molecule has 0 aliphatic heterocycles. The third kappa shape index (κ3) is 3.67. The Kier molecular flexibility index (Phi) is 4.71. The summed E-state index contributed by atoms with van der Waals surface area (Å²) >= 11 is 0. The lowest BCUT2D eigenvalue weighted by atomic mass is 10.1. The Balaban J connectivity index is 1.97.